The average Bonchev–Trinajstić information content (AvgIpc) is 2.70. The average molecular weight is 232 g/mol. The van der Waals surface area contributed by atoms with Gasteiger partial charge in [-0.25, -0.2) is 4.98 Å². The van der Waals surface area contributed by atoms with Crippen molar-refractivity contribution in [2.24, 2.45) is 0 Å². The van der Waals surface area contributed by atoms with Gasteiger partial charge in [0.25, 0.3) is 0 Å². The quantitative estimate of drug-likeness (QED) is 0.846. The van der Waals surface area contributed by atoms with E-state index in [1.54, 1.807) is 7.11 Å². The van der Waals surface area contributed by atoms with Crippen LogP contribution >= 0.6 is 0 Å². The van der Waals surface area contributed by atoms with E-state index in [1.807, 2.05) is 31.2 Å². The van der Waals surface area contributed by atoms with Crippen molar-refractivity contribution in [3.05, 3.63) is 35.8 Å². The number of ether oxygens (including phenoxy) is 1. The normalized spacial score (nSPS) is 10.5. The first-order chi connectivity index (χ1) is 8.26. The first kappa shape index (κ1) is 11.7. The molecule has 1 heterocycles. The molecule has 0 bridgehead atoms. The number of nitrogens with one attached hydrogen (secondary N) is 1. The van der Waals surface area contributed by atoms with Crippen molar-refractivity contribution < 1.29 is 9.84 Å². The second kappa shape index (κ2) is 5.01. The summed E-state index contributed by atoms with van der Waals surface area (Å²) in [5, 5.41) is 8.91. The Morgan fingerprint density at radius 3 is 2.82 bits per heavy atom. The lowest BCUT2D eigenvalue weighted by molar-refractivity contribution is 0.297. The molecule has 0 aliphatic rings. The molecular formula is C13H16N2O2. The number of imidazole rings is 1. The van der Waals surface area contributed by atoms with Gasteiger partial charge in [0.15, 0.2) is 0 Å². The van der Waals surface area contributed by atoms with E-state index in [0.29, 0.717) is 6.42 Å². The highest BCUT2D eigenvalue weighted by Gasteiger charge is 2.12. The van der Waals surface area contributed by atoms with Gasteiger partial charge in [0.2, 0.25) is 0 Å². The van der Waals surface area contributed by atoms with Gasteiger partial charge in [0, 0.05) is 17.7 Å². The minimum atomic E-state index is 0.0956. The Morgan fingerprint density at radius 2 is 2.12 bits per heavy atom. The van der Waals surface area contributed by atoms with Gasteiger partial charge >= 0.3 is 0 Å². The topological polar surface area (TPSA) is 58.1 Å². The molecule has 0 aliphatic heterocycles. The zero-order chi connectivity index (χ0) is 12.3. The molecule has 1 aromatic carbocycles. The molecule has 1 aromatic heterocycles. The number of aromatic nitrogens is 2. The van der Waals surface area contributed by atoms with E-state index in [2.05, 4.69) is 9.97 Å². The van der Waals surface area contributed by atoms with E-state index in [-0.39, 0.29) is 6.61 Å². The molecule has 2 N–H and O–H groups in total. The molecule has 4 nitrogen and oxygen atoms in total. The Balaban J connectivity index is 2.45. The van der Waals surface area contributed by atoms with Gasteiger partial charge in [-0.15, -0.1) is 0 Å². The van der Waals surface area contributed by atoms with Crippen LogP contribution in [0.5, 0.6) is 5.75 Å². The third kappa shape index (κ3) is 2.31. The summed E-state index contributed by atoms with van der Waals surface area (Å²) >= 11 is 0. The van der Waals surface area contributed by atoms with Crippen molar-refractivity contribution in [1.29, 1.82) is 0 Å². The van der Waals surface area contributed by atoms with Gasteiger partial charge in [0.1, 0.15) is 11.6 Å². The molecule has 2 rings (SSSR count). The van der Waals surface area contributed by atoms with Crippen LogP contribution in [-0.2, 0) is 6.42 Å². The van der Waals surface area contributed by atoms with Gasteiger partial charge in [0.05, 0.1) is 19.4 Å². The minimum Gasteiger partial charge on any atom is -0.496 e. The summed E-state index contributed by atoms with van der Waals surface area (Å²) in [6.07, 6.45) is 0.538. The van der Waals surface area contributed by atoms with E-state index in [1.165, 1.54) is 0 Å². The largest absolute Gasteiger partial charge is 0.496 e. The number of methoxy groups -OCH3 is 1. The van der Waals surface area contributed by atoms with Crippen LogP contribution in [0.3, 0.4) is 0 Å². The molecular weight excluding hydrogens is 216 g/mol. The molecule has 4 heteroatoms. The first-order valence-electron chi connectivity index (χ1n) is 5.56. The number of hydrogen-bond acceptors (Lipinski definition) is 3. The van der Waals surface area contributed by atoms with Gasteiger partial charge in [-0.3, -0.25) is 0 Å². The SMILES string of the molecule is COc1ccccc1-c1nc(CCO)[nH]c1C. The van der Waals surface area contributed by atoms with Crippen molar-refractivity contribution >= 4 is 0 Å². The highest BCUT2D eigenvalue weighted by Crippen LogP contribution is 2.30. The predicted molar refractivity (Wildman–Crippen MR) is 66.1 cm³/mol. The molecule has 17 heavy (non-hydrogen) atoms. The third-order valence-electron chi connectivity index (χ3n) is 2.64. The zero-order valence-electron chi connectivity index (χ0n) is 10.0. The maximum atomic E-state index is 8.91. The summed E-state index contributed by atoms with van der Waals surface area (Å²) in [6, 6.07) is 7.77. The molecule has 0 amide bonds. The maximum absolute atomic E-state index is 8.91. The van der Waals surface area contributed by atoms with Crippen LogP contribution in [-0.4, -0.2) is 28.8 Å². The fourth-order valence-electron chi connectivity index (χ4n) is 1.85. The predicted octanol–water partition coefficient (Wildman–Crippen LogP) is 1.93. The molecule has 2 aromatic rings. The van der Waals surface area contributed by atoms with Crippen LogP contribution in [0.15, 0.2) is 24.3 Å². The molecule has 90 valence electrons. The number of aliphatic hydroxyl groups excluding tert-OH is 1. The summed E-state index contributed by atoms with van der Waals surface area (Å²) in [6.45, 7) is 2.06. The zero-order valence-corrected chi connectivity index (χ0v) is 10.0. The lowest BCUT2D eigenvalue weighted by Crippen LogP contribution is -1.92. The van der Waals surface area contributed by atoms with Crippen molar-refractivity contribution in [2.75, 3.05) is 13.7 Å². The lowest BCUT2D eigenvalue weighted by Gasteiger charge is -2.06. The second-order valence-electron chi connectivity index (χ2n) is 3.83. The maximum Gasteiger partial charge on any atom is 0.128 e. The molecule has 0 saturated carbocycles. The Bertz CT molecular complexity index is 506. The van der Waals surface area contributed by atoms with Crippen LogP contribution in [0.1, 0.15) is 11.5 Å². The highest BCUT2D eigenvalue weighted by atomic mass is 16.5. The minimum absolute atomic E-state index is 0.0956. The number of aromatic amines is 1. The number of benzene rings is 1. The van der Waals surface area contributed by atoms with Crippen LogP contribution in [0.25, 0.3) is 11.3 Å². The molecule has 0 aliphatic carbocycles. The summed E-state index contributed by atoms with van der Waals surface area (Å²) < 4.78 is 5.32. The van der Waals surface area contributed by atoms with Gasteiger partial charge in [-0.05, 0) is 19.1 Å². The molecule has 0 spiro atoms. The molecule has 0 fully saturated rings. The van der Waals surface area contributed by atoms with Crippen molar-refractivity contribution in [3.8, 4) is 17.0 Å². The highest BCUT2D eigenvalue weighted by molar-refractivity contribution is 5.69. The number of H-pyrrole nitrogens is 1. The number of rotatable bonds is 4. The van der Waals surface area contributed by atoms with Gasteiger partial charge in [-0.2, -0.15) is 0 Å². The lowest BCUT2D eigenvalue weighted by atomic mass is 10.1. The van der Waals surface area contributed by atoms with Gasteiger partial charge in [-0.1, -0.05) is 12.1 Å². The van der Waals surface area contributed by atoms with Crippen molar-refractivity contribution in [2.45, 2.75) is 13.3 Å². The number of nitrogens with zero attached hydrogens (tertiary/aromatic N) is 1. The smallest absolute Gasteiger partial charge is 0.128 e. The molecule has 0 unspecified atom stereocenters. The Kier molecular flexibility index (Phi) is 3.44. The standard InChI is InChI=1S/C13H16N2O2/c1-9-13(15-12(14-9)7-8-16)10-5-3-4-6-11(10)17-2/h3-6,16H,7-8H2,1-2H3,(H,14,15). The molecule has 0 saturated heterocycles. The van der Waals surface area contributed by atoms with Crippen LogP contribution in [0.4, 0.5) is 0 Å². The van der Waals surface area contributed by atoms with E-state index >= 15 is 0 Å². The van der Waals surface area contributed by atoms with Crippen LogP contribution in [0.2, 0.25) is 0 Å². The number of aliphatic hydroxyl groups is 1. The summed E-state index contributed by atoms with van der Waals surface area (Å²) in [4.78, 5) is 7.65. The van der Waals surface area contributed by atoms with Crippen molar-refractivity contribution in [1.82, 2.24) is 9.97 Å². The van der Waals surface area contributed by atoms with Crippen LogP contribution < -0.4 is 4.74 Å². The number of para-hydroxylation sites is 1. The van der Waals surface area contributed by atoms with E-state index < -0.39 is 0 Å². The summed E-state index contributed by atoms with van der Waals surface area (Å²) in [5.41, 5.74) is 2.83. The van der Waals surface area contributed by atoms with E-state index in [9.17, 15) is 0 Å². The second-order valence-corrected chi connectivity index (χ2v) is 3.83. The Labute approximate surface area is 100 Å². The summed E-state index contributed by atoms with van der Waals surface area (Å²) in [5.74, 6) is 1.60. The third-order valence-corrected chi connectivity index (χ3v) is 2.64. The first-order valence-corrected chi connectivity index (χ1v) is 5.56. The number of aryl methyl sites for hydroxylation is 1. The van der Waals surface area contributed by atoms with Crippen molar-refractivity contribution in [3.63, 3.8) is 0 Å². The Hall–Kier alpha value is -1.81. The molecule has 0 radical (unpaired) electrons. The van der Waals surface area contributed by atoms with Gasteiger partial charge < -0.3 is 14.8 Å². The van der Waals surface area contributed by atoms with Crippen LogP contribution in [0, 0.1) is 6.92 Å². The van der Waals surface area contributed by atoms with E-state index in [0.717, 1.165) is 28.5 Å². The number of hydrogen-bond donors (Lipinski definition) is 2. The fraction of sp³-hybridized carbons (Fsp3) is 0.308. The van der Waals surface area contributed by atoms with E-state index in [4.69, 9.17) is 9.84 Å². The summed E-state index contributed by atoms with van der Waals surface area (Å²) in [7, 11) is 1.65. The molecule has 0 atom stereocenters. The fourth-order valence-corrected chi connectivity index (χ4v) is 1.85. The monoisotopic (exact) mass is 232 g/mol. The Morgan fingerprint density at radius 1 is 1.35 bits per heavy atom.